The molecule has 5 heteroatoms. The van der Waals surface area contributed by atoms with Gasteiger partial charge in [-0.2, -0.15) is 4.98 Å². The molecule has 3 aromatic rings. The zero-order valence-corrected chi connectivity index (χ0v) is 12.1. The molecule has 0 aliphatic carbocycles. The highest BCUT2D eigenvalue weighted by Crippen LogP contribution is 2.32. The third kappa shape index (κ3) is 2.44. The van der Waals surface area contributed by atoms with Crippen LogP contribution in [-0.2, 0) is 0 Å². The number of ether oxygens (including phenoxy) is 1. The first-order valence-corrected chi connectivity index (χ1v) is 7.20. The van der Waals surface area contributed by atoms with Gasteiger partial charge in [-0.3, -0.25) is 0 Å². The molecule has 1 aromatic carbocycles. The summed E-state index contributed by atoms with van der Waals surface area (Å²) in [5, 5.41) is 0.921. The summed E-state index contributed by atoms with van der Waals surface area (Å²) in [6.07, 6.45) is -0.0890. The molecule has 20 heavy (non-hydrogen) atoms. The van der Waals surface area contributed by atoms with Crippen LogP contribution >= 0.6 is 11.3 Å². The first-order valence-electron chi connectivity index (χ1n) is 6.39. The van der Waals surface area contributed by atoms with Gasteiger partial charge in [-0.1, -0.05) is 30.3 Å². The molecule has 0 aliphatic rings. The minimum absolute atomic E-state index is 0.0890. The van der Waals surface area contributed by atoms with Crippen LogP contribution in [0.3, 0.4) is 0 Å². The molecule has 4 nitrogen and oxygen atoms in total. The second kappa shape index (κ2) is 5.09. The lowest BCUT2D eigenvalue weighted by Crippen LogP contribution is -2.06. The number of hydrogen-bond donors (Lipinski definition) is 1. The maximum atomic E-state index is 5.98. The lowest BCUT2D eigenvalue weighted by Gasteiger charge is -2.14. The van der Waals surface area contributed by atoms with Crippen molar-refractivity contribution in [2.45, 2.75) is 20.0 Å². The predicted molar refractivity (Wildman–Crippen MR) is 82.0 cm³/mol. The molecule has 2 heterocycles. The van der Waals surface area contributed by atoms with Crippen molar-refractivity contribution >= 4 is 27.5 Å². The predicted octanol–water partition coefficient (Wildman–Crippen LogP) is 3.72. The Morgan fingerprint density at radius 3 is 2.70 bits per heavy atom. The highest BCUT2D eigenvalue weighted by Gasteiger charge is 2.14. The Morgan fingerprint density at radius 1 is 1.20 bits per heavy atom. The largest absolute Gasteiger partial charge is 0.469 e. The van der Waals surface area contributed by atoms with Gasteiger partial charge in [0.2, 0.25) is 11.8 Å². The van der Waals surface area contributed by atoms with Crippen molar-refractivity contribution in [3.63, 3.8) is 0 Å². The average molecular weight is 285 g/mol. The van der Waals surface area contributed by atoms with Crippen molar-refractivity contribution in [2.75, 3.05) is 5.73 Å². The minimum Gasteiger partial charge on any atom is -0.469 e. The van der Waals surface area contributed by atoms with Crippen LogP contribution in [0, 0.1) is 6.92 Å². The molecule has 0 bridgehead atoms. The molecular weight excluding hydrogens is 270 g/mol. The van der Waals surface area contributed by atoms with Gasteiger partial charge in [0.1, 0.15) is 10.9 Å². The summed E-state index contributed by atoms with van der Waals surface area (Å²) in [5.74, 6) is 0.794. The molecule has 2 N–H and O–H groups in total. The topological polar surface area (TPSA) is 61.0 Å². The van der Waals surface area contributed by atoms with Gasteiger partial charge < -0.3 is 10.5 Å². The number of hydrogen-bond acceptors (Lipinski definition) is 5. The van der Waals surface area contributed by atoms with Gasteiger partial charge in [-0.05, 0) is 25.5 Å². The Balaban J connectivity index is 1.98. The van der Waals surface area contributed by atoms with Gasteiger partial charge in [-0.25, -0.2) is 4.98 Å². The summed E-state index contributed by atoms with van der Waals surface area (Å²) in [6.45, 7) is 4.03. The number of nitrogens with zero attached hydrogens (tertiary/aromatic N) is 2. The van der Waals surface area contributed by atoms with E-state index in [-0.39, 0.29) is 12.1 Å². The third-order valence-electron chi connectivity index (χ3n) is 3.06. The van der Waals surface area contributed by atoms with Gasteiger partial charge >= 0.3 is 0 Å². The Labute approximate surface area is 121 Å². The third-order valence-corrected chi connectivity index (χ3v) is 4.00. The van der Waals surface area contributed by atoms with Crippen LogP contribution in [0.1, 0.15) is 23.5 Å². The number of thiophene rings is 1. The van der Waals surface area contributed by atoms with E-state index in [2.05, 4.69) is 9.97 Å². The fraction of sp³-hybridized carbons (Fsp3) is 0.200. The number of aromatic nitrogens is 2. The molecule has 3 rings (SSSR count). The van der Waals surface area contributed by atoms with Crippen LogP contribution in [0.15, 0.2) is 36.4 Å². The van der Waals surface area contributed by atoms with Crippen molar-refractivity contribution in [2.24, 2.45) is 0 Å². The monoisotopic (exact) mass is 285 g/mol. The first kappa shape index (κ1) is 12.9. The van der Waals surface area contributed by atoms with E-state index in [1.54, 1.807) is 11.3 Å². The molecule has 0 saturated carbocycles. The number of anilines is 1. The molecule has 1 unspecified atom stereocenters. The maximum Gasteiger partial charge on any atom is 0.227 e. The lowest BCUT2D eigenvalue weighted by molar-refractivity contribution is 0.221. The van der Waals surface area contributed by atoms with Gasteiger partial charge in [0.25, 0.3) is 0 Å². The van der Waals surface area contributed by atoms with E-state index in [9.17, 15) is 0 Å². The Bertz CT molecular complexity index is 739. The van der Waals surface area contributed by atoms with E-state index in [1.807, 2.05) is 50.2 Å². The van der Waals surface area contributed by atoms with Crippen molar-refractivity contribution in [1.29, 1.82) is 0 Å². The molecular formula is C15H15N3OS. The maximum absolute atomic E-state index is 5.98. The van der Waals surface area contributed by atoms with Crippen LogP contribution in [0.5, 0.6) is 5.88 Å². The van der Waals surface area contributed by atoms with Crippen LogP contribution in [-0.4, -0.2) is 9.97 Å². The van der Waals surface area contributed by atoms with Crippen LogP contribution in [0.4, 0.5) is 5.95 Å². The summed E-state index contributed by atoms with van der Waals surface area (Å²) in [6, 6.07) is 12.1. The van der Waals surface area contributed by atoms with Crippen molar-refractivity contribution in [3.8, 4) is 5.88 Å². The lowest BCUT2D eigenvalue weighted by atomic mass is 10.1. The molecule has 2 aromatic heterocycles. The molecule has 0 fully saturated rings. The molecule has 102 valence electrons. The Kier molecular flexibility index (Phi) is 3.28. The number of rotatable bonds is 3. The Hall–Kier alpha value is -2.14. The van der Waals surface area contributed by atoms with Gasteiger partial charge in [0.05, 0.1) is 5.39 Å². The zero-order valence-electron chi connectivity index (χ0n) is 11.3. The van der Waals surface area contributed by atoms with Crippen LogP contribution < -0.4 is 10.5 Å². The van der Waals surface area contributed by atoms with E-state index in [0.29, 0.717) is 5.88 Å². The van der Waals surface area contributed by atoms with Crippen molar-refractivity contribution in [3.05, 3.63) is 46.8 Å². The Morgan fingerprint density at radius 2 is 1.95 bits per heavy atom. The smallest absolute Gasteiger partial charge is 0.227 e. The molecule has 0 spiro atoms. The molecule has 0 radical (unpaired) electrons. The molecule has 0 aliphatic heterocycles. The van der Waals surface area contributed by atoms with Gasteiger partial charge in [0.15, 0.2) is 0 Å². The molecule has 0 amide bonds. The number of nitrogens with two attached hydrogens (primary N) is 1. The van der Waals surface area contributed by atoms with E-state index in [0.717, 1.165) is 20.7 Å². The SMILES string of the molecule is Cc1cc2c(OC(C)c3ccccc3)nc(N)nc2s1. The molecule has 1 atom stereocenters. The van der Waals surface area contributed by atoms with E-state index < -0.39 is 0 Å². The fourth-order valence-corrected chi connectivity index (χ4v) is 2.96. The van der Waals surface area contributed by atoms with Crippen LogP contribution in [0.25, 0.3) is 10.2 Å². The second-order valence-corrected chi connectivity index (χ2v) is 5.87. The van der Waals surface area contributed by atoms with E-state index in [1.165, 1.54) is 0 Å². The minimum atomic E-state index is -0.0890. The summed E-state index contributed by atoms with van der Waals surface area (Å²) < 4.78 is 5.98. The highest BCUT2D eigenvalue weighted by molar-refractivity contribution is 7.18. The number of aryl methyl sites for hydroxylation is 1. The summed E-state index contributed by atoms with van der Waals surface area (Å²) >= 11 is 1.59. The quantitative estimate of drug-likeness (QED) is 0.796. The normalized spacial score (nSPS) is 12.5. The van der Waals surface area contributed by atoms with E-state index in [4.69, 9.17) is 10.5 Å². The highest BCUT2D eigenvalue weighted by atomic mass is 32.1. The standard InChI is InChI=1S/C15H15N3OS/c1-9-8-12-13(17-15(16)18-14(12)20-9)19-10(2)11-6-4-3-5-7-11/h3-8,10H,1-2H3,(H2,16,17,18). The number of nitrogen functional groups attached to an aromatic ring is 1. The number of fused-ring (bicyclic) bond motifs is 1. The van der Waals surface area contributed by atoms with Gasteiger partial charge in [0, 0.05) is 4.88 Å². The zero-order chi connectivity index (χ0) is 14.1. The second-order valence-electron chi connectivity index (χ2n) is 4.63. The summed E-state index contributed by atoms with van der Waals surface area (Å²) in [5.41, 5.74) is 6.85. The summed E-state index contributed by atoms with van der Waals surface area (Å²) in [4.78, 5) is 10.5. The van der Waals surface area contributed by atoms with E-state index >= 15 is 0 Å². The first-order chi connectivity index (χ1) is 9.63. The van der Waals surface area contributed by atoms with Gasteiger partial charge in [-0.15, -0.1) is 11.3 Å². The average Bonchev–Trinajstić information content (AvgIpc) is 2.80. The van der Waals surface area contributed by atoms with Crippen LogP contribution in [0.2, 0.25) is 0 Å². The number of benzene rings is 1. The van der Waals surface area contributed by atoms with Crippen molar-refractivity contribution in [1.82, 2.24) is 9.97 Å². The summed E-state index contributed by atoms with van der Waals surface area (Å²) in [7, 11) is 0. The fourth-order valence-electron chi connectivity index (χ4n) is 2.08. The molecule has 0 saturated heterocycles. The van der Waals surface area contributed by atoms with Crippen molar-refractivity contribution < 1.29 is 4.74 Å².